The highest BCUT2D eigenvalue weighted by Gasteiger charge is 2.30. The lowest BCUT2D eigenvalue weighted by Gasteiger charge is -2.33. The molecule has 1 aliphatic rings. The van der Waals surface area contributed by atoms with E-state index < -0.39 is 0 Å². The molecule has 0 unspecified atom stereocenters. The van der Waals surface area contributed by atoms with Gasteiger partial charge in [-0.15, -0.1) is 0 Å². The number of piperidine rings is 1. The van der Waals surface area contributed by atoms with Gasteiger partial charge in [-0.2, -0.15) is 5.10 Å². The Morgan fingerprint density at radius 3 is 2.75 bits per heavy atom. The van der Waals surface area contributed by atoms with E-state index in [-0.39, 0.29) is 11.8 Å². The van der Waals surface area contributed by atoms with Crippen molar-refractivity contribution in [1.29, 1.82) is 0 Å². The van der Waals surface area contributed by atoms with E-state index in [0.29, 0.717) is 12.1 Å². The van der Waals surface area contributed by atoms with E-state index in [1.165, 1.54) is 27.7 Å². The van der Waals surface area contributed by atoms with Crippen LogP contribution in [0.3, 0.4) is 0 Å². The number of likely N-dealkylation sites (tertiary alicyclic amines) is 1. The second-order valence-electron chi connectivity index (χ2n) is 8.72. The Balaban J connectivity index is 1.53. The number of aryl methyl sites for hydroxylation is 3. The van der Waals surface area contributed by atoms with E-state index in [4.69, 9.17) is 0 Å². The van der Waals surface area contributed by atoms with E-state index >= 15 is 0 Å². The van der Waals surface area contributed by atoms with Crippen LogP contribution in [0.2, 0.25) is 0 Å². The van der Waals surface area contributed by atoms with Crippen molar-refractivity contribution in [3.8, 4) is 11.1 Å². The fraction of sp³-hybridized carbons (Fsp3) is 0.346. The third-order valence-corrected chi connectivity index (χ3v) is 6.66. The van der Waals surface area contributed by atoms with Crippen molar-refractivity contribution >= 4 is 16.8 Å². The number of carbonyl (C=O) groups is 1. The average Bonchev–Trinajstić information content (AvgIpc) is 3.41. The number of para-hydroxylation sites is 1. The molecule has 5 rings (SSSR count). The molecule has 1 aromatic carbocycles. The Bertz CT molecular complexity index is 1270. The molecule has 32 heavy (non-hydrogen) atoms. The van der Waals surface area contributed by atoms with Crippen LogP contribution >= 0.6 is 0 Å². The summed E-state index contributed by atoms with van der Waals surface area (Å²) in [4.78, 5) is 23.3. The zero-order valence-corrected chi connectivity index (χ0v) is 18.9. The summed E-state index contributed by atoms with van der Waals surface area (Å²) in [6.07, 6.45) is 7.62. The van der Waals surface area contributed by atoms with Gasteiger partial charge < -0.3 is 9.88 Å². The minimum atomic E-state index is 0.0876. The van der Waals surface area contributed by atoms with Gasteiger partial charge in [0.05, 0.1) is 11.3 Å². The third-order valence-electron chi connectivity index (χ3n) is 6.66. The first kappa shape index (κ1) is 20.5. The second kappa shape index (κ2) is 8.26. The molecule has 1 N–H and O–H groups in total. The Morgan fingerprint density at radius 1 is 1.19 bits per heavy atom. The van der Waals surface area contributed by atoms with Crippen LogP contribution < -0.4 is 0 Å². The van der Waals surface area contributed by atoms with E-state index in [9.17, 15) is 4.79 Å². The monoisotopic (exact) mass is 427 g/mol. The second-order valence-corrected chi connectivity index (χ2v) is 8.72. The average molecular weight is 428 g/mol. The maximum Gasteiger partial charge on any atom is 0.257 e. The van der Waals surface area contributed by atoms with Gasteiger partial charge in [-0.3, -0.25) is 14.5 Å². The molecule has 0 radical (unpaired) electrons. The molecule has 4 aromatic rings. The first-order valence-electron chi connectivity index (χ1n) is 11.4. The number of benzene rings is 1. The lowest BCUT2D eigenvalue weighted by Crippen LogP contribution is -2.39. The largest absolute Gasteiger partial charge is 0.357 e. The van der Waals surface area contributed by atoms with Crippen LogP contribution in [0.4, 0.5) is 0 Å². The van der Waals surface area contributed by atoms with Crippen LogP contribution in [0.1, 0.15) is 53.0 Å². The first-order chi connectivity index (χ1) is 15.6. The molecule has 0 spiro atoms. The van der Waals surface area contributed by atoms with Crippen LogP contribution in [0.25, 0.3) is 22.0 Å². The van der Waals surface area contributed by atoms with Crippen LogP contribution in [-0.4, -0.2) is 43.6 Å². The molecule has 6 nitrogen and oxygen atoms in total. The highest BCUT2D eigenvalue weighted by molar-refractivity contribution is 5.99. The molecule has 164 valence electrons. The van der Waals surface area contributed by atoms with Gasteiger partial charge in [-0.25, -0.2) is 0 Å². The molecule has 3 aromatic heterocycles. The summed E-state index contributed by atoms with van der Waals surface area (Å²) in [5.74, 6) is 0.342. The SMILES string of the molecule is CCn1cc(C(=O)N2CCC[C@@H](c3[nH]c4c(C)cccc4c3-c3ccncc3)C2)c(C)n1. The predicted octanol–water partition coefficient (Wildman–Crippen LogP) is 5.08. The number of nitrogens with one attached hydrogen (secondary N) is 1. The van der Waals surface area contributed by atoms with Gasteiger partial charge in [-0.05, 0) is 56.9 Å². The molecule has 6 heteroatoms. The standard InChI is InChI=1S/C26H29N5O/c1-4-31-16-22(18(3)29-31)26(32)30-14-6-8-20(15-30)25-23(19-10-12-27-13-11-19)21-9-5-7-17(2)24(21)28-25/h5,7,9-13,16,20,28H,4,6,8,14-15H2,1-3H3/t20-/m1/s1. The first-order valence-corrected chi connectivity index (χ1v) is 11.4. The highest BCUT2D eigenvalue weighted by atomic mass is 16.2. The number of pyridine rings is 1. The molecular formula is C26H29N5O. The normalized spacial score (nSPS) is 16.6. The fourth-order valence-electron chi connectivity index (χ4n) is 4.98. The summed E-state index contributed by atoms with van der Waals surface area (Å²) < 4.78 is 1.84. The summed E-state index contributed by atoms with van der Waals surface area (Å²) in [6, 6.07) is 10.6. The van der Waals surface area contributed by atoms with Gasteiger partial charge in [0, 0.05) is 66.3 Å². The smallest absolute Gasteiger partial charge is 0.257 e. The van der Waals surface area contributed by atoms with Crippen molar-refractivity contribution in [3.05, 3.63) is 71.4 Å². The molecule has 0 aliphatic carbocycles. The molecule has 1 saturated heterocycles. The van der Waals surface area contributed by atoms with E-state index in [0.717, 1.165) is 37.2 Å². The topological polar surface area (TPSA) is 66.8 Å². The molecule has 0 bridgehead atoms. The molecule has 0 saturated carbocycles. The lowest BCUT2D eigenvalue weighted by molar-refractivity contribution is 0.0705. The summed E-state index contributed by atoms with van der Waals surface area (Å²) >= 11 is 0. The number of aromatic amines is 1. The van der Waals surface area contributed by atoms with Gasteiger partial charge in [-0.1, -0.05) is 18.2 Å². The Labute approximate surface area is 188 Å². The number of rotatable bonds is 4. The number of hydrogen-bond acceptors (Lipinski definition) is 3. The fourth-order valence-corrected chi connectivity index (χ4v) is 4.98. The van der Waals surface area contributed by atoms with Crippen molar-refractivity contribution in [3.63, 3.8) is 0 Å². The minimum absolute atomic E-state index is 0.0876. The van der Waals surface area contributed by atoms with E-state index in [1.54, 1.807) is 0 Å². The highest BCUT2D eigenvalue weighted by Crippen LogP contribution is 2.40. The number of carbonyl (C=O) groups excluding carboxylic acids is 1. The number of nitrogens with zero attached hydrogens (tertiary/aromatic N) is 4. The van der Waals surface area contributed by atoms with Crippen molar-refractivity contribution in [1.82, 2.24) is 24.6 Å². The number of aromatic nitrogens is 4. The molecule has 1 fully saturated rings. The van der Waals surface area contributed by atoms with Crippen molar-refractivity contribution in [2.24, 2.45) is 0 Å². The van der Waals surface area contributed by atoms with Gasteiger partial charge in [0.25, 0.3) is 5.91 Å². The number of H-pyrrole nitrogens is 1. The minimum Gasteiger partial charge on any atom is -0.357 e. The summed E-state index contributed by atoms with van der Waals surface area (Å²) in [6.45, 7) is 8.36. The predicted molar refractivity (Wildman–Crippen MR) is 127 cm³/mol. The molecule has 1 atom stereocenters. The van der Waals surface area contributed by atoms with Gasteiger partial charge in [0.2, 0.25) is 0 Å². The molecule has 1 amide bonds. The van der Waals surface area contributed by atoms with Crippen molar-refractivity contribution in [2.45, 2.75) is 46.1 Å². The van der Waals surface area contributed by atoms with Gasteiger partial charge in [0.15, 0.2) is 0 Å². The number of fused-ring (bicyclic) bond motifs is 1. The Kier molecular flexibility index (Phi) is 5.29. The van der Waals surface area contributed by atoms with Crippen LogP contribution in [0, 0.1) is 13.8 Å². The molecule has 1 aliphatic heterocycles. The van der Waals surface area contributed by atoms with E-state index in [1.807, 2.05) is 42.0 Å². The zero-order chi connectivity index (χ0) is 22.2. The van der Waals surface area contributed by atoms with E-state index in [2.05, 4.69) is 52.3 Å². The maximum atomic E-state index is 13.4. The van der Waals surface area contributed by atoms with Crippen molar-refractivity contribution < 1.29 is 4.79 Å². The van der Waals surface area contributed by atoms with Crippen LogP contribution in [-0.2, 0) is 6.54 Å². The zero-order valence-electron chi connectivity index (χ0n) is 18.9. The number of hydrogen-bond donors (Lipinski definition) is 1. The van der Waals surface area contributed by atoms with Crippen molar-refractivity contribution in [2.75, 3.05) is 13.1 Å². The number of amides is 1. The summed E-state index contributed by atoms with van der Waals surface area (Å²) in [5, 5.41) is 5.70. The van der Waals surface area contributed by atoms with Crippen LogP contribution in [0.5, 0.6) is 0 Å². The molecular weight excluding hydrogens is 398 g/mol. The summed E-state index contributed by atoms with van der Waals surface area (Å²) in [5.41, 5.74) is 7.55. The van der Waals surface area contributed by atoms with Gasteiger partial charge in [0.1, 0.15) is 0 Å². The Morgan fingerprint density at radius 2 is 2.00 bits per heavy atom. The maximum absolute atomic E-state index is 13.4. The Hall–Kier alpha value is -3.41. The van der Waals surface area contributed by atoms with Crippen LogP contribution in [0.15, 0.2) is 48.9 Å². The quantitative estimate of drug-likeness (QED) is 0.494. The van der Waals surface area contributed by atoms with Gasteiger partial charge >= 0.3 is 0 Å². The lowest BCUT2D eigenvalue weighted by atomic mass is 9.89. The molecule has 4 heterocycles. The third kappa shape index (κ3) is 3.49. The summed E-state index contributed by atoms with van der Waals surface area (Å²) in [7, 11) is 0.